The van der Waals surface area contributed by atoms with Crippen LogP contribution in [0.15, 0.2) is 88.7 Å². The Balaban J connectivity index is 1.50. The van der Waals surface area contributed by atoms with E-state index in [-0.39, 0.29) is 22.0 Å². The molecule has 0 spiro atoms. The lowest BCUT2D eigenvalue weighted by molar-refractivity contribution is 0.223. The summed E-state index contributed by atoms with van der Waals surface area (Å²) < 4.78 is 37.4. The van der Waals surface area contributed by atoms with Crippen LogP contribution >= 0.6 is 0 Å². The summed E-state index contributed by atoms with van der Waals surface area (Å²) in [7, 11) is -3.97. The van der Waals surface area contributed by atoms with Crippen LogP contribution in [0.2, 0.25) is 0 Å². The molecule has 252 valence electrons. The van der Waals surface area contributed by atoms with E-state index < -0.39 is 10.0 Å². The third-order valence-corrected chi connectivity index (χ3v) is 11.0. The molecule has 0 saturated carbocycles. The van der Waals surface area contributed by atoms with E-state index in [1.165, 1.54) is 10.0 Å². The highest BCUT2D eigenvalue weighted by molar-refractivity contribution is 7.90. The van der Waals surface area contributed by atoms with Crippen LogP contribution in [0.5, 0.6) is 5.75 Å². The molecule has 0 atom stereocenters. The van der Waals surface area contributed by atoms with Gasteiger partial charge in [0.1, 0.15) is 12.4 Å². The Morgan fingerprint density at radius 3 is 2.35 bits per heavy atom. The van der Waals surface area contributed by atoms with Crippen molar-refractivity contribution >= 4 is 26.9 Å². The first-order chi connectivity index (χ1) is 22.8. The van der Waals surface area contributed by atoms with Crippen molar-refractivity contribution in [3.63, 3.8) is 0 Å². The van der Waals surface area contributed by atoms with Crippen molar-refractivity contribution in [1.29, 1.82) is 0 Å². The van der Waals surface area contributed by atoms with Gasteiger partial charge in [0.25, 0.3) is 15.6 Å². The normalized spacial score (nSPS) is 14.3. The molecule has 0 amide bonds. The van der Waals surface area contributed by atoms with Gasteiger partial charge in [-0.05, 0) is 95.2 Å². The summed E-state index contributed by atoms with van der Waals surface area (Å²) in [5.74, 6) is 1.36. The van der Waals surface area contributed by atoms with Gasteiger partial charge in [-0.3, -0.25) is 9.36 Å². The first-order valence-electron chi connectivity index (χ1n) is 16.7. The van der Waals surface area contributed by atoms with Crippen molar-refractivity contribution in [2.45, 2.75) is 71.5 Å². The number of hydrogen-bond acceptors (Lipinski definition) is 7. The number of aromatic nitrogens is 3. The molecule has 9 nitrogen and oxygen atoms in total. The highest BCUT2D eigenvalue weighted by Crippen LogP contribution is 2.38. The first-order valence-corrected chi connectivity index (χ1v) is 18.1. The summed E-state index contributed by atoms with van der Waals surface area (Å²) in [6, 6.07) is 22.1. The molecule has 0 radical (unpaired) electrons. The van der Waals surface area contributed by atoms with Crippen molar-refractivity contribution in [3.05, 3.63) is 94.9 Å². The number of hydrogen-bond donors (Lipinski definition) is 0. The number of nitrogens with zero attached hydrogens (tertiary/aromatic N) is 5. The maximum Gasteiger partial charge on any atom is 0.268 e. The molecule has 48 heavy (non-hydrogen) atoms. The van der Waals surface area contributed by atoms with E-state index in [1.807, 2.05) is 49.4 Å². The Labute approximate surface area is 283 Å². The molecule has 1 aliphatic rings. The van der Waals surface area contributed by atoms with Crippen LogP contribution in [0, 0.1) is 6.92 Å². The molecule has 5 aromatic rings. The molecule has 0 fully saturated rings. The van der Waals surface area contributed by atoms with Gasteiger partial charge in [-0.15, -0.1) is 0 Å². The molecule has 10 heteroatoms. The van der Waals surface area contributed by atoms with E-state index in [0.29, 0.717) is 41.3 Å². The maximum absolute atomic E-state index is 14.1. The van der Waals surface area contributed by atoms with Crippen molar-refractivity contribution < 1.29 is 13.2 Å². The molecule has 0 bridgehead atoms. The lowest BCUT2D eigenvalue weighted by Crippen LogP contribution is -2.45. The Morgan fingerprint density at radius 1 is 0.958 bits per heavy atom. The lowest BCUT2D eigenvalue weighted by Gasteiger charge is -2.35. The monoisotopic (exact) mass is 667 g/mol. The van der Waals surface area contributed by atoms with Crippen molar-refractivity contribution in [3.8, 4) is 28.1 Å². The predicted molar refractivity (Wildman–Crippen MR) is 194 cm³/mol. The second-order valence-electron chi connectivity index (χ2n) is 13.4. The minimum atomic E-state index is -3.97. The largest absolute Gasteiger partial charge is 0.492 e. The van der Waals surface area contributed by atoms with E-state index in [1.54, 1.807) is 35.0 Å². The highest BCUT2D eigenvalue weighted by Gasteiger charge is 2.40. The Bertz CT molecular complexity index is 2130. The Kier molecular flexibility index (Phi) is 9.00. The fourth-order valence-electron chi connectivity index (χ4n) is 6.83. The molecule has 0 saturated heterocycles. The summed E-state index contributed by atoms with van der Waals surface area (Å²) in [6.07, 6.45) is 1.61. The molecule has 1 aliphatic heterocycles. The second-order valence-corrected chi connectivity index (χ2v) is 15.2. The lowest BCUT2D eigenvalue weighted by atomic mass is 10.0. The van der Waals surface area contributed by atoms with E-state index in [4.69, 9.17) is 9.72 Å². The van der Waals surface area contributed by atoms with Gasteiger partial charge in [-0.2, -0.15) is 0 Å². The average Bonchev–Trinajstić information content (AvgIpc) is 3.58. The standard InChI is InChI=1S/C38H45N5O4S/c1-8-40(9-2)19-20-47-30-12-10-11-28(21-30)29-15-18-35-32(22-29)33(24-42(35)48(45,46)31-16-13-27(5)14-17-31)34-23-36(44)41-25-38(6,7)43(26(3)4)37(41)39-34/h10-18,21-24,26H,8-9,19-20,25H2,1-7H3. The van der Waals surface area contributed by atoms with Crippen molar-refractivity contribution in [2.75, 3.05) is 31.1 Å². The van der Waals surface area contributed by atoms with Crippen LogP contribution in [0.4, 0.5) is 5.95 Å². The third-order valence-electron chi connectivity index (χ3n) is 9.28. The second kappa shape index (κ2) is 12.9. The molecule has 6 rings (SSSR count). The van der Waals surface area contributed by atoms with Crippen LogP contribution in [-0.4, -0.2) is 64.7 Å². The zero-order valence-electron chi connectivity index (χ0n) is 28.9. The van der Waals surface area contributed by atoms with E-state index >= 15 is 0 Å². The summed E-state index contributed by atoms with van der Waals surface area (Å²) >= 11 is 0. The van der Waals surface area contributed by atoms with Gasteiger partial charge in [-0.25, -0.2) is 17.4 Å². The summed E-state index contributed by atoms with van der Waals surface area (Å²) in [5.41, 5.74) is 3.84. The number of fused-ring (bicyclic) bond motifs is 2. The van der Waals surface area contributed by atoms with Crippen LogP contribution in [-0.2, 0) is 16.6 Å². The molecule has 2 aromatic heterocycles. The van der Waals surface area contributed by atoms with E-state index in [0.717, 1.165) is 42.1 Å². The van der Waals surface area contributed by atoms with Gasteiger partial charge in [0.15, 0.2) is 0 Å². The number of benzene rings is 3. The van der Waals surface area contributed by atoms with Gasteiger partial charge in [0.05, 0.1) is 28.2 Å². The molecule has 0 aliphatic carbocycles. The Morgan fingerprint density at radius 2 is 1.67 bits per heavy atom. The van der Waals surface area contributed by atoms with Crippen LogP contribution in [0.25, 0.3) is 33.3 Å². The molecule has 3 heterocycles. The fraction of sp³-hybridized carbons (Fsp3) is 0.368. The first kappa shape index (κ1) is 33.5. The van der Waals surface area contributed by atoms with Crippen LogP contribution in [0.1, 0.15) is 47.1 Å². The molecule has 0 N–H and O–H groups in total. The number of likely N-dealkylation sites (N-methyl/N-ethyl adjacent to an activating group) is 1. The number of rotatable bonds is 11. The fourth-order valence-corrected chi connectivity index (χ4v) is 8.20. The minimum Gasteiger partial charge on any atom is -0.492 e. The van der Waals surface area contributed by atoms with E-state index in [9.17, 15) is 13.2 Å². The molecular weight excluding hydrogens is 623 g/mol. The maximum atomic E-state index is 14.1. The van der Waals surface area contributed by atoms with E-state index in [2.05, 4.69) is 51.3 Å². The molecule has 0 unspecified atom stereocenters. The van der Waals surface area contributed by atoms with Crippen molar-refractivity contribution in [2.24, 2.45) is 0 Å². The topological polar surface area (TPSA) is 89.7 Å². The zero-order chi connectivity index (χ0) is 34.4. The number of anilines is 1. The summed E-state index contributed by atoms with van der Waals surface area (Å²) in [4.78, 5) is 23.3. The van der Waals surface area contributed by atoms with Crippen LogP contribution in [0.3, 0.4) is 0 Å². The SMILES string of the molecule is CCN(CC)CCOc1cccc(-c2ccc3c(c2)c(-c2cc(=O)n4c(n2)N(C(C)C)C(C)(C)C4)cn3S(=O)(=O)c2ccc(C)cc2)c1. The van der Waals surface area contributed by atoms with Gasteiger partial charge in [0, 0.05) is 35.8 Å². The van der Waals surface area contributed by atoms with Gasteiger partial charge < -0.3 is 14.5 Å². The summed E-state index contributed by atoms with van der Waals surface area (Å²) in [6.45, 7) is 18.5. The predicted octanol–water partition coefficient (Wildman–Crippen LogP) is 6.81. The Hall–Kier alpha value is -4.41. The third kappa shape index (κ3) is 6.15. The number of aryl methyl sites for hydroxylation is 1. The van der Waals surface area contributed by atoms with Gasteiger partial charge in [-0.1, -0.05) is 49.7 Å². The smallest absolute Gasteiger partial charge is 0.268 e. The average molecular weight is 668 g/mol. The van der Waals surface area contributed by atoms with Gasteiger partial charge >= 0.3 is 0 Å². The summed E-state index contributed by atoms with van der Waals surface area (Å²) in [5, 5.41) is 0.682. The minimum absolute atomic E-state index is 0.104. The highest BCUT2D eigenvalue weighted by atomic mass is 32.2. The van der Waals surface area contributed by atoms with Gasteiger partial charge in [0.2, 0.25) is 5.95 Å². The van der Waals surface area contributed by atoms with Crippen molar-refractivity contribution in [1.82, 2.24) is 18.4 Å². The quantitative estimate of drug-likeness (QED) is 0.153. The molecule has 3 aromatic carbocycles. The van der Waals surface area contributed by atoms with Crippen LogP contribution < -0.4 is 15.2 Å². The molecular formula is C38H45N5O4S. The number of ether oxygens (including phenoxy) is 1. The zero-order valence-corrected chi connectivity index (χ0v) is 29.7.